The zero-order valence-corrected chi connectivity index (χ0v) is 15.0. The first-order chi connectivity index (χ1) is 11.8. The maximum Gasteiger partial charge on any atom is 0.236 e. The lowest BCUT2D eigenvalue weighted by Gasteiger charge is -2.24. The second-order valence-electron chi connectivity index (χ2n) is 7.11. The third-order valence-corrected chi connectivity index (χ3v) is 6.14. The summed E-state index contributed by atoms with van der Waals surface area (Å²) in [5.74, 6) is 0.157. The first-order valence-electron chi connectivity index (χ1n) is 8.22. The van der Waals surface area contributed by atoms with Gasteiger partial charge in [0.05, 0.1) is 11.8 Å². The van der Waals surface area contributed by atoms with Gasteiger partial charge in [0, 0.05) is 29.0 Å². The lowest BCUT2D eigenvalue weighted by Crippen LogP contribution is -2.22. The molecule has 0 amide bonds. The lowest BCUT2D eigenvalue weighted by molar-refractivity contribution is 0.0976. The van der Waals surface area contributed by atoms with E-state index < -0.39 is 10.0 Å². The van der Waals surface area contributed by atoms with Gasteiger partial charge < -0.3 is 0 Å². The molecule has 1 aliphatic rings. The number of benzene rings is 2. The Kier molecular flexibility index (Phi) is 3.41. The number of hydrogen-bond acceptors (Lipinski definition) is 3. The normalized spacial score (nSPS) is 20.2. The molecule has 128 valence electrons. The highest BCUT2D eigenvalue weighted by Crippen LogP contribution is 2.42. The molecule has 4 nitrogen and oxygen atoms in total. The minimum absolute atomic E-state index is 0.157. The molecule has 1 aliphatic carbocycles. The minimum Gasteiger partial charge on any atom is -0.294 e. The van der Waals surface area contributed by atoms with E-state index in [0.29, 0.717) is 18.4 Å². The number of para-hydroxylation sites is 1. The van der Waals surface area contributed by atoms with Crippen molar-refractivity contribution in [1.29, 1.82) is 0 Å². The van der Waals surface area contributed by atoms with E-state index in [0.717, 1.165) is 22.1 Å². The van der Waals surface area contributed by atoms with Crippen LogP contribution in [0.1, 0.15) is 34.8 Å². The summed E-state index contributed by atoms with van der Waals surface area (Å²) in [6.07, 6.45) is 3.99. The fourth-order valence-corrected chi connectivity index (χ4v) is 4.84. The van der Waals surface area contributed by atoms with E-state index in [1.807, 2.05) is 48.5 Å². The van der Waals surface area contributed by atoms with Crippen LogP contribution >= 0.6 is 0 Å². The lowest BCUT2D eigenvalue weighted by atomic mass is 9.78. The van der Waals surface area contributed by atoms with Gasteiger partial charge in [-0.2, -0.15) is 0 Å². The SMILES string of the molecule is CC1(Cc2cn(S(C)(=O)=O)c3ccccc23)CC(=O)c2ccccc21. The van der Waals surface area contributed by atoms with Gasteiger partial charge in [0.25, 0.3) is 0 Å². The molecule has 4 rings (SSSR count). The Hall–Kier alpha value is -2.40. The number of nitrogens with zero attached hydrogens (tertiary/aromatic N) is 1. The Bertz CT molecular complexity index is 1110. The molecule has 0 spiro atoms. The predicted octanol–water partition coefficient (Wildman–Crippen LogP) is 3.54. The van der Waals surface area contributed by atoms with Crippen LogP contribution < -0.4 is 0 Å². The van der Waals surface area contributed by atoms with Gasteiger partial charge in [-0.1, -0.05) is 49.4 Å². The first-order valence-corrected chi connectivity index (χ1v) is 10.1. The van der Waals surface area contributed by atoms with Crippen LogP contribution in [0.3, 0.4) is 0 Å². The average molecular weight is 353 g/mol. The van der Waals surface area contributed by atoms with E-state index in [2.05, 4.69) is 6.92 Å². The van der Waals surface area contributed by atoms with Gasteiger partial charge in [-0.05, 0) is 23.6 Å². The minimum atomic E-state index is -3.38. The third-order valence-electron chi connectivity index (χ3n) is 5.13. The van der Waals surface area contributed by atoms with E-state index in [4.69, 9.17) is 0 Å². The Morgan fingerprint density at radius 1 is 1.08 bits per heavy atom. The summed E-state index contributed by atoms with van der Waals surface area (Å²) < 4.78 is 25.6. The van der Waals surface area contributed by atoms with Gasteiger partial charge in [0.2, 0.25) is 10.0 Å². The summed E-state index contributed by atoms with van der Waals surface area (Å²) in [6, 6.07) is 15.2. The molecule has 1 unspecified atom stereocenters. The summed E-state index contributed by atoms with van der Waals surface area (Å²) in [5.41, 5.74) is 3.16. The van der Waals surface area contributed by atoms with Gasteiger partial charge in [0.1, 0.15) is 0 Å². The Labute approximate surface area is 147 Å². The largest absolute Gasteiger partial charge is 0.294 e. The van der Waals surface area contributed by atoms with Crippen molar-refractivity contribution in [2.24, 2.45) is 0 Å². The highest BCUT2D eigenvalue weighted by molar-refractivity contribution is 7.89. The molecule has 0 N–H and O–H groups in total. The van der Waals surface area contributed by atoms with Crippen molar-refractivity contribution in [3.63, 3.8) is 0 Å². The van der Waals surface area contributed by atoms with Crippen LogP contribution in [0.2, 0.25) is 0 Å². The summed E-state index contributed by atoms with van der Waals surface area (Å²) in [7, 11) is -3.38. The molecule has 0 aliphatic heterocycles. The molecule has 0 bridgehead atoms. The highest BCUT2D eigenvalue weighted by Gasteiger charge is 2.39. The predicted molar refractivity (Wildman–Crippen MR) is 98.6 cm³/mol. The monoisotopic (exact) mass is 353 g/mol. The Morgan fingerprint density at radius 3 is 2.52 bits per heavy atom. The van der Waals surface area contributed by atoms with Crippen LogP contribution in [-0.2, 0) is 21.9 Å². The number of ketones is 1. The van der Waals surface area contributed by atoms with Crippen molar-refractivity contribution in [2.75, 3.05) is 6.26 Å². The van der Waals surface area contributed by atoms with Crippen LogP contribution in [0.15, 0.2) is 54.7 Å². The fraction of sp³-hybridized carbons (Fsp3) is 0.250. The van der Waals surface area contributed by atoms with Crippen molar-refractivity contribution in [3.05, 3.63) is 71.4 Å². The number of carbonyl (C=O) groups is 1. The smallest absolute Gasteiger partial charge is 0.236 e. The highest BCUT2D eigenvalue weighted by atomic mass is 32.2. The second-order valence-corrected chi connectivity index (χ2v) is 8.97. The maximum atomic E-state index is 12.4. The van der Waals surface area contributed by atoms with E-state index >= 15 is 0 Å². The average Bonchev–Trinajstić information content (AvgIpc) is 3.05. The molecule has 0 saturated heterocycles. The summed E-state index contributed by atoms with van der Waals surface area (Å²) >= 11 is 0. The molecule has 2 aromatic carbocycles. The van der Waals surface area contributed by atoms with Gasteiger partial charge in [0.15, 0.2) is 5.78 Å². The van der Waals surface area contributed by atoms with Gasteiger partial charge in [-0.25, -0.2) is 12.4 Å². The molecule has 25 heavy (non-hydrogen) atoms. The molecular weight excluding hydrogens is 334 g/mol. The molecular formula is C20H19NO3S. The van der Waals surface area contributed by atoms with Crippen LogP contribution in [0.4, 0.5) is 0 Å². The third kappa shape index (κ3) is 2.50. The molecule has 5 heteroatoms. The number of rotatable bonds is 3. The van der Waals surface area contributed by atoms with Crippen molar-refractivity contribution in [3.8, 4) is 0 Å². The Balaban J connectivity index is 1.87. The molecule has 0 saturated carbocycles. The molecule has 1 heterocycles. The molecule has 3 aromatic rings. The van der Waals surface area contributed by atoms with Crippen molar-refractivity contribution >= 4 is 26.7 Å². The molecule has 0 radical (unpaired) electrons. The number of aromatic nitrogens is 1. The fourth-order valence-electron chi connectivity index (χ4n) is 4.01. The van der Waals surface area contributed by atoms with Crippen molar-refractivity contribution in [1.82, 2.24) is 3.97 Å². The molecule has 0 fully saturated rings. The zero-order chi connectivity index (χ0) is 17.8. The number of Topliss-reactive ketones (excluding diaryl/α,β-unsaturated/α-hetero) is 1. The zero-order valence-electron chi connectivity index (χ0n) is 14.2. The van der Waals surface area contributed by atoms with E-state index in [9.17, 15) is 13.2 Å². The number of hydrogen-bond donors (Lipinski definition) is 0. The van der Waals surface area contributed by atoms with Crippen LogP contribution in [-0.4, -0.2) is 24.4 Å². The molecule has 1 atom stereocenters. The van der Waals surface area contributed by atoms with Gasteiger partial charge in [-0.3, -0.25) is 4.79 Å². The quantitative estimate of drug-likeness (QED) is 0.724. The summed E-state index contributed by atoms with van der Waals surface area (Å²) in [6.45, 7) is 2.09. The van der Waals surface area contributed by atoms with Crippen LogP contribution in [0.5, 0.6) is 0 Å². The number of fused-ring (bicyclic) bond motifs is 2. The standard InChI is InChI=1S/C20H19NO3S/c1-20(12-19(22)16-8-3-5-9-17(16)20)11-14-13-21(25(2,23)24)18-10-6-4-7-15(14)18/h3-10,13H,11-12H2,1-2H3. The summed E-state index contributed by atoms with van der Waals surface area (Å²) in [5, 5.41) is 0.922. The number of carbonyl (C=O) groups excluding carboxylic acids is 1. The van der Waals surface area contributed by atoms with E-state index in [1.165, 1.54) is 10.2 Å². The summed E-state index contributed by atoms with van der Waals surface area (Å²) in [4.78, 5) is 12.4. The van der Waals surface area contributed by atoms with Crippen LogP contribution in [0.25, 0.3) is 10.9 Å². The van der Waals surface area contributed by atoms with Crippen LogP contribution in [0, 0.1) is 0 Å². The van der Waals surface area contributed by atoms with Crippen molar-refractivity contribution in [2.45, 2.75) is 25.2 Å². The maximum absolute atomic E-state index is 12.4. The van der Waals surface area contributed by atoms with Crippen molar-refractivity contribution < 1.29 is 13.2 Å². The Morgan fingerprint density at radius 2 is 1.76 bits per heavy atom. The molecule has 1 aromatic heterocycles. The second kappa shape index (κ2) is 5.30. The first kappa shape index (κ1) is 16.1. The van der Waals surface area contributed by atoms with Gasteiger partial charge >= 0.3 is 0 Å². The van der Waals surface area contributed by atoms with Gasteiger partial charge in [-0.15, -0.1) is 0 Å². The van der Waals surface area contributed by atoms with E-state index in [-0.39, 0.29) is 11.2 Å². The van der Waals surface area contributed by atoms with E-state index in [1.54, 1.807) is 6.20 Å². The topological polar surface area (TPSA) is 56.1 Å².